The van der Waals surface area contributed by atoms with Crippen molar-refractivity contribution in [3.8, 4) is 11.3 Å². The van der Waals surface area contributed by atoms with E-state index in [4.69, 9.17) is 16.7 Å². The Kier molecular flexibility index (Phi) is 3.85. The molecule has 0 aliphatic carbocycles. The van der Waals surface area contributed by atoms with E-state index < -0.39 is 5.97 Å². The van der Waals surface area contributed by atoms with Gasteiger partial charge in [0.1, 0.15) is 5.82 Å². The van der Waals surface area contributed by atoms with Crippen molar-refractivity contribution in [1.29, 1.82) is 0 Å². The van der Waals surface area contributed by atoms with E-state index in [0.29, 0.717) is 23.8 Å². The molecule has 1 aromatic carbocycles. The second kappa shape index (κ2) is 5.81. The Hall–Kier alpha value is -2.34. The zero-order valence-corrected chi connectivity index (χ0v) is 12.5. The maximum atomic E-state index is 12.0. The van der Waals surface area contributed by atoms with Crippen LogP contribution in [0.3, 0.4) is 0 Å². The van der Waals surface area contributed by atoms with Crippen LogP contribution in [-0.4, -0.2) is 33.3 Å². The molecule has 0 bridgehead atoms. The van der Waals surface area contributed by atoms with Gasteiger partial charge in [-0.2, -0.15) is 5.10 Å². The van der Waals surface area contributed by atoms with Crippen LogP contribution in [0, 0.1) is 0 Å². The van der Waals surface area contributed by atoms with Crippen LogP contribution in [-0.2, 0) is 16.1 Å². The number of carboxylic acid groups (broad SMARTS) is 1. The first-order valence-corrected chi connectivity index (χ1v) is 7.28. The first-order chi connectivity index (χ1) is 10.5. The number of nitrogens with zero attached hydrogens (tertiary/aromatic N) is 3. The van der Waals surface area contributed by atoms with Gasteiger partial charge >= 0.3 is 5.97 Å². The number of aromatic nitrogens is 2. The number of aliphatic carboxylic acids is 1. The normalized spacial score (nSPS) is 14.0. The second-order valence-electron chi connectivity index (χ2n) is 5.06. The number of carbonyl (C=O) groups excluding carboxylic acids is 1. The highest BCUT2D eigenvalue weighted by atomic mass is 35.5. The molecule has 7 heteroatoms. The Morgan fingerprint density at radius 3 is 2.73 bits per heavy atom. The predicted molar refractivity (Wildman–Crippen MR) is 81.9 cm³/mol. The third-order valence-electron chi connectivity index (χ3n) is 3.56. The molecule has 0 spiro atoms. The Bertz CT molecular complexity index is 724. The van der Waals surface area contributed by atoms with Crippen molar-refractivity contribution in [1.82, 2.24) is 9.78 Å². The van der Waals surface area contributed by atoms with Gasteiger partial charge < -0.3 is 5.11 Å². The molecule has 2 aromatic rings. The highest BCUT2D eigenvalue weighted by Crippen LogP contribution is 2.28. The molecule has 0 saturated heterocycles. The van der Waals surface area contributed by atoms with Crippen LogP contribution in [0.2, 0.25) is 5.02 Å². The molecule has 6 nitrogen and oxygen atoms in total. The number of hydrogen-bond donors (Lipinski definition) is 1. The third-order valence-corrected chi connectivity index (χ3v) is 3.82. The summed E-state index contributed by atoms with van der Waals surface area (Å²) in [5.74, 6) is -0.360. The number of aryl methyl sites for hydroxylation is 1. The molecule has 22 heavy (non-hydrogen) atoms. The van der Waals surface area contributed by atoms with Gasteiger partial charge in [0, 0.05) is 29.6 Å². The molecular formula is C15H14ClN3O3. The van der Waals surface area contributed by atoms with Crippen LogP contribution >= 0.6 is 11.6 Å². The largest absolute Gasteiger partial charge is 0.481 e. The van der Waals surface area contributed by atoms with Crippen molar-refractivity contribution in [3.63, 3.8) is 0 Å². The lowest BCUT2D eigenvalue weighted by Gasteiger charge is -2.26. The summed E-state index contributed by atoms with van der Waals surface area (Å²) in [5.41, 5.74) is 1.64. The first-order valence-electron chi connectivity index (χ1n) is 6.90. The van der Waals surface area contributed by atoms with Crippen LogP contribution in [0.15, 0.2) is 30.3 Å². The number of fused-ring (bicyclic) bond motifs is 1. The van der Waals surface area contributed by atoms with Crippen LogP contribution in [0.25, 0.3) is 11.3 Å². The zero-order chi connectivity index (χ0) is 15.7. The van der Waals surface area contributed by atoms with Gasteiger partial charge in [-0.15, -0.1) is 0 Å². The third kappa shape index (κ3) is 2.82. The molecule has 0 radical (unpaired) electrons. The summed E-state index contributed by atoms with van der Waals surface area (Å²) in [4.78, 5) is 24.3. The van der Waals surface area contributed by atoms with Crippen LogP contribution < -0.4 is 4.90 Å². The average Bonchev–Trinajstić information content (AvgIpc) is 2.91. The van der Waals surface area contributed by atoms with Crippen molar-refractivity contribution in [2.24, 2.45) is 0 Å². The molecule has 2 heterocycles. The first kappa shape index (κ1) is 14.6. The lowest BCUT2D eigenvalue weighted by atomic mass is 10.1. The minimum Gasteiger partial charge on any atom is -0.481 e. The van der Waals surface area contributed by atoms with Crippen molar-refractivity contribution >= 4 is 29.3 Å². The molecule has 1 aliphatic heterocycles. The highest BCUT2D eigenvalue weighted by molar-refractivity contribution is 6.30. The van der Waals surface area contributed by atoms with Crippen LogP contribution in [0.5, 0.6) is 0 Å². The van der Waals surface area contributed by atoms with Gasteiger partial charge in [-0.3, -0.25) is 14.5 Å². The van der Waals surface area contributed by atoms with Gasteiger partial charge in [-0.25, -0.2) is 4.68 Å². The molecule has 1 N–H and O–H groups in total. The van der Waals surface area contributed by atoms with Crippen LogP contribution in [0.1, 0.15) is 12.8 Å². The van der Waals surface area contributed by atoms with E-state index in [2.05, 4.69) is 5.10 Å². The van der Waals surface area contributed by atoms with Gasteiger partial charge in [0.05, 0.1) is 18.7 Å². The molecule has 1 aliphatic rings. The Morgan fingerprint density at radius 1 is 1.32 bits per heavy atom. The molecule has 1 amide bonds. The van der Waals surface area contributed by atoms with E-state index in [0.717, 1.165) is 11.3 Å². The molecule has 3 rings (SSSR count). The smallest absolute Gasteiger partial charge is 0.305 e. The molecule has 0 fully saturated rings. The zero-order valence-electron chi connectivity index (χ0n) is 11.7. The van der Waals surface area contributed by atoms with Gasteiger partial charge in [-0.05, 0) is 12.1 Å². The Labute approximate surface area is 131 Å². The van der Waals surface area contributed by atoms with Crippen molar-refractivity contribution < 1.29 is 14.7 Å². The van der Waals surface area contributed by atoms with E-state index >= 15 is 0 Å². The van der Waals surface area contributed by atoms with E-state index in [-0.39, 0.29) is 18.9 Å². The van der Waals surface area contributed by atoms with E-state index in [1.165, 1.54) is 4.90 Å². The fraction of sp³-hybridized carbons (Fsp3) is 0.267. The summed E-state index contributed by atoms with van der Waals surface area (Å²) in [7, 11) is 0. The van der Waals surface area contributed by atoms with E-state index in [1.807, 2.05) is 18.2 Å². The highest BCUT2D eigenvalue weighted by Gasteiger charge is 2.26. The predicted octanol–water partition coefficient (Wildman–Crippen LogP) is 2.41. The summed E-state index contributed by atoms with van der Waals surface area (Å²) in [6, 6.07) is 9.09. The summed E-state index contributed by atoms with van der Waals surface area (Å²) in [6.45, 7) is 0.658. The number of amides is 1. The van der Waals surface area contributed by atoms with Gasteiger partial charge in [0.15, 0.2) is 0 Å². The maximum Gasteiger partial charge on any atom is 0.305 e. The monoisotopic (exact) mass is 319 g/mol. The molecule has 1 aromatic heterocycles. The topological polar surface area (TPSA) is 75.4 Å². The van der Waals surface area contributed by atoms with Gasteiger partial charge in [0.25, 0.3) is 0 Å². The second-order valence-corrected chi connectivity index (χ2v) is 5.49. The van der Waals surface area contributed by atoms with E-state index in [9.17, 15) is 9.59 Å². The SMILES string of the molecule is O=C(O)CCN1C(=O)CCn2nc(-c3ccc(Cl)cc3)cc21. The minimum atomic E-state index is -0.928. The summed E-state index contributed by atoms with van der Waals surface area (Å²) < 4.78 is 1.74. The Balaban J connectivity index is 1.92. The number of anilines is 1. The number of halogens is 1. The van der Waals surface area contributed by atoms with Gasteiger partial charge in [-0.1, -0.05) is 23.7 Å². The standard InChI is InChI=1S/C15H14ClN3O3/c16-11-3-1-10(2-4-11)12-9-13-18(7-6-15(21)22)14(20)5-8-19(13)17-12/h1-4,9H,5-8H2,(H,21,22). The lowest BCUT2D eigenvalue weighted by Crippen LogP contribution is -2.38. The quantitative estimate of drug-likeness (QED) is 0.939. The van der Waals surface area contributed by atoms with Crippen LogP contribution in [0.4, 0.5) is 5.82 Å². The van der Waals surface area contributed by atoms with Gasteiger partial charge in [0.2, 0.25) is 5.91 Å². The number of benzene rings is 1. The number of carbonyl (C=O) groups is 2. The number of carboxylic acids is 1. The van der Waals surface area contributed by atoms with Crippen molar-refractivity contribution in [3.05, 3.63) is 35.4 Å². The minimum absolute atomic E-state index is 0.0729. The fourth-order valence-corrected chi connectivity index (χ4v) is 2.59. The maximum absolute atomic E-state index is 12.0. The van der Waals surface area contributed by atoms with E-state index in [1.54, 1.807) is 16.8 Å². The summed E-state index contributed by atoms with van der Waals surface area (Å²) in [5, 5.41) is 14.0. The summed E-state index contributed by atoms with van der Waals surface area (Å²) in [6.07, 6.45) is 0.238. The number of hydrogen-bond acceptors (Lipinski definition) is 3. The fourth-order valence-electron chi connectivity index (χ4n) is 2.46. The molecule has 114 valence electrons. The molecular weight excluding hydrogens is 306 g/mol. The summed E-state index contributed by atoms with van der Waals surface area (Å²) >= 11 is 5.88. The number of rotatable bonds is 4. The average molecular weight is 320 g/mol. The molecule has 0 atom stereocenters. The van der Waals surface area contributed by atoms with Crippen molar-refractivity contribution in [2.75, 3.05) is 11.4 Å². The van der Waals surface area contributed by atoms with Crippen molar-refractivity contribution in [2.45, 2.75) is 19.4 Å². The lowest BCUT2D eigenvalue weighted by molar-refractivity contribution is -0.136. The Morgan fingerprint density at radius 2 is 2.05 bits per heavy atom. The molecule has 0 saturated carbocycles. The molecule has 0 unspecified atom stereocenters.